The van der Waals surface area contributed by atoms with E-state index in [-0.39, 0.29) is 11.2 Å². The second-order valence-corrected chi connectivity index (χ2v) is 6.44. The average molecular weight is 295 g/mol. The molecule has 0 bridgehead atoms. The number of nitriles is 1. The van der Waals surface area contributed by atoms with Gasteiger partial charge >= 0.3 is 7.12 Å². The molecule has 1 saturated heterocycles. The van der Waals surface area contributed by atoms with E-state index in [1.807, 2.05) is 52.1 Å². The molecule has 2 aromatic rings. The molecule has 0 saturated carbocycles. The van der Waals surface area contributed by atoms with Crippen LogP contribution < -0.4 is 5.46 Å². The molecule has 1 aromatic carbocycles. The highest BCUT2D eigenvalue weighted by Gasteiger charge is 2.52. The van der Waals surface area contributed by atoms with Crippen LogP contribution in [-0.4, -0.2) is 28.1 Å². The summed E-state index contributed by atoms with van der Waals surface area (Å²) in [5, 5.41) is 13.5. The molecule has 1 aliphatic rings. The molecule has 0 N–H and O–H groups in total. The van der Waals surface area contributed by atoms with Gasteiger partial charge < -0.3 is 9.31 Å². The van der Waals surface area contributed by atoms with Crippen molar-refractivity contribution in [1.82, 2.24) is 9.78 Å². The maximum atomic E-state index is 9.19. The zero-order chi connectivity index (χ0) is 16.0. The van der Waals surface area contributed by atoms with Crippen molar-refractivity contribution in [3.05, 3.63) is 42.2 Å². The summed E-state index contributed by atoms with van der Waals surface area (Å²) in [4.78, 5) is 0. The third kappa shape index (κ3) is 2.33. The molecule has 0 amide bonds. The fourth-order valence-corrected chi connectivity index (χ4v) is 2.34. The summed E-state index contributed by atoms with van der Waals surface area (Å²) in [7, 11) is -0.451. The molecule has 0 aliphatic carbocycles. The van der Waals surface area contributed by atoms with Crippen molar-refractivity contribution in [2.45, 2.75) is 38.9 Å². The van der Waals surface area contributed by atoms with Crippen LogP contribution in [0.15, 0.2) is 36.7 Å². The number of nitrogens with zero attached hydrogens (tertiary/aromatic N) is 3. The zero-order valence-corrected chi connectivity index (χ0v) is 13.2. The Morgan fingerprint density at radius 2 is 1.77 bits per heavy atom. The molecule has 1 fully saturated rings. The SMILES string of the molecule is CC1(C)OB(c2cnn(-c3ccccc3C#N)c2)OC1(C)C. The summed E-state index contributed by atoms with van der Waals surface area (Å²) in [5.41, 5.74) is 1.39. The molecule has 5 nitrogen and oxygen atoms in total. The van der Waals surface area contributed by atoms with Gasteiger partial charge in [0.2, 0.25) is 0 Å². The first-order valence-electron chi connectivity index (χ1n) is 7.24. The summed E-state index contributed by atoms with van der Waals surface area (Å²) in [6.45, 7) is 8.07. The van der Waals surface area contributed by atoms with E-state index in [2.05, 4.69) is 11.2 Å². The smallest absolute Gasteiger partial charge is 0.399 e. The van der Waals surface area contributed by atoms with E-state index in [0.29, 0.717) is 5.56 Å². The van der Waals surface area contributed by atoms with Gasteiger partial charge in [-0.2, -0.15) is 10.4 Å². The highest BCUT2D eigenvalue weighted by atomic mass is 16.7. The molecule has 0 atom stereocenters. The lowest BCUT2D eigenvalue weighted by Crippen LogP contribution is -2.41. The summed E-state index contributed by atoms with van der Waals surface area (Å²) in [6, 6.07) is 9.52. The Bertz CT molecular complexity index is 730. The van der Waals surface area contributed by atoms with Crippen LogP contribution in [-0.2, 0) is 9.31 Å². The van der Waals surface area contributed by atoms with Crippen molar-refractivity contribution in [2.75, 3.05) is 0 Å². The number of aromatic nitrogens is 2. The van der Waals surface area contributed by atoms with E-state index in [9.17, 15) is 5.26 Å². The second-order valence-electron chi connectivity index (χ2n) is 6.44. The second kappa shape index (κ2) is 4.97. The minimum atomic E-state index is -0.451. The number of rotatable bonds is 2. The Morgan fingerprint density at radius 1 is 1.14 bits per heavy atom. The van der Waals surface area contributed by atoms with E-state index >= 15 is 0 Å². The summed E-state index contributed by atoms with van der Waals surface area (Å²) >= 11 is 0. The summed E-state index contributed by atoms with van der Waals surface area (Å²) in [5.74, 6) is 0. The lowest BCUT2D eigenvalue weighted by molar-refractivity contribution is 0.00578. The van der Waals surface area contributed by atoms with Crippen LogP contribution in [0.5, 0.6) is 0 Å². The first-order valence-corrected chi connectivity index (χ1v) is 7.24. The van der Waals surface area contributed by atoms with Crippen LogP contribution in [0, 0.1) is 11.3 Å². The van der Waals surface area contributed by atoms with Crippen LogP contribution >= 0.6 is 0 Å². The molecule has 3 rings (SSSR count). The fraction of sp³-hybridized carbons (Fsp3) is 0.375. The average Bonchev–Trinajstić information content (AvgIpc) is 3.02. The molecule has 2 heterocycles. The number of hydrogen-bond acceptors (Lipinski definition) is 4. The standard InChI is InChI=1S/C16H18BN3O2/c1-15(2)16(3,4)22-17(21-15)13-10-19-20(11-13)14-8-6-5-7-12(14)9-18/h5-8,10-11H,1-4H3. The van der Waals surface area contributed by atoms with Crippen molar-refractivity contribution in [2.24, 2.45) is 0 Å². The molecule has 0 spiro atoms. The van der Waals surface area contributed by atoms with Crippen LogP contribution in [0.1, 0.15) is 33.3 Å². The Labute approximate surface area is 130 Å². The predicted octanol–water partition coefficient (Wildman–Crippen LogP) is 2.04. The Morgan fingerprint density at radius 3 is 2.41 bits per heavy atom. The zero-order valence-electron chi connectivity index (χ0n) is 13.2. The molecule has 1 aromatic heterocycles. The van der Waals surface area contributed by atoms with E-state index in [1.165, 1.54) is 0 Å². The molecule has 0 unspecified atom stereocenters. The molecule has 22 heavy (non-hydrogen) atoms. The van der Waals surface area contributed by atoms with Crippen LogP contribution in [0.3, 0.4) is 0 Å². The van der Waals surface area contributed by atoms with Crippen LogP contribution in [0.2, 0.25) is 0 Å². The predicted molar refractivity (Wildman–Crippen MR) is 84.0 cm³/mol. The van der Waals surface area contributed by atoms with Crippen LogP contribution in [0.4, 0.5) is 0 Å². The molecular formula is C16H18BN3O2. The van der Waals surface area contributed by atoms with Gasteiger partial charge in [0, 0.05) is 17.9 Å². The van der Waals surface area contributed by atoms with E-state index in [4.69, 9.17) is 9.31 Å². The third-order valence-electron chi connectivity index (χ3n) is 4.40. The third-order valence-corrected chi connectivity index (χ3v) is 4.40. The van der Waals surface area contributed by atoms with E-state index < -0.39 is 7.12 Å². The minimum Gasteiger partial charge on any atom is -0.399 e. The van der Waals surface area contributed by atoms with Gasteiger partial charge in [-0.25, -0.2) is 4.68 Å². The quantitative estimate of drug-likeness (QED) is 0.796. The van der Waals surface area contributed by atoms with Crippen LogP contribution in [0.25, 0.3) is 5.69 Å². The van der Waals surface area contributed by atoms with Crippen molar-refractivity contribution in [1.29, 1.82) is 5.26 Å². The first-order chi connectivity index (χ1) is 10.3. The number of benzene rings is 1. The van der Waals surface area contributed by atoms with E-state index in [1.54, 1.807) is 16.9 Å². The Balaban J connectivity index is 1.92. The van der Waals surface area contributed by atoms with Crippen molar-refractivity contribution < 1.29 is 9.31 Å². The summed E-state index contributed by atoms with van der Waals surface area (Å²) < 4.78 is 13.7. The highest BCUT2D eigenvalue weighted by molar-refractivity contribution is 6.62. The van der Waals surface area contributed by atoms with Gasteiger partial charge in [-0.1, -0.05) is 12.1 Å². The molecule has 6 heteroatoms. The Hall–Kier alpha value is -2.10. The lowest BCUT2D eigenvalue weighted by Gasteiger charge is -2.32. The first kappa shape index (κ1) is 14.8. The maximum absolute atomic E-state index is 9.19. The molecule has 1 aliphatic heterocycles. The van der Waals surface area contributed by atoms with Crippen molar-refractivity contribution in [3.8, 4) is 11.8 Å². The normalized spacial score (nSPS) is 19.1. The molecule has 112 valence electrons. The Kier molecular flexibility index (Phi) is 3.35. The van der Waals surface area contributed by atoms with Gasteiger partial charge in [0.25, 0.3) is 0 Å². The molecular weight excluding hydrogens is 277 g/mol. The van der Waals surface area contributed by atoms with Gasteiger partial charge in [0.15, 0.2) is 0 Å². The van der Waals surface area contributed by atoms with Gasteiger partial charge in [-0.05, 0) is 39.8 Å². The minimum absolute atomic E-state index is 0.385. The largest absolute Gasteiger partial charge is 0.498 e. The van der Waals surface area contributed by atoms with E-state index in [0.717, 1.165) is 11.2 Å². The monoisotopic (exact) mass is 295 g/mol. The topological polar surface area (TPSA) is 60.1 Å². The van der Waals surface area contributed by atoms with Gasteiger partial charge in [0.1, 0.15) is 6.07 Å². The number of para-hydroxylation sites is 1. The maximum Gasteiger partial charge on any atom is 0.498 e. The molecule has 0 radical (unpaired) electrons. The van der Waals surface area contributed by atoms with Crippen molar-refractivity contribution >= 4 is 12.6 Å². The van der Waals surface area contributed by atoms with Gasteiger partial charge in [-0.15, -0.1) is 0 Å². The van der Waals surface area contributed by atoms with Gasteiger partial charge in [0.05, 0.1) is 22.5 Å². The fourth-order valence-electron chi connectivity index (χ4n) is 2.34. The number of hydrogen-bond donors (Lipinski definition) is 0. The summed E-state index contributed by atoms with van der Waals surface area (Å²) in [6.07, 6.45) is 3.56. The van der Waals surface area contributed by atoms with Gasteiger partial charge in [-0.3, -0.25) is 0 Å². The lowest BCUT2D eigenvalue weighted by atomic mass is 9.82. The van der Waals surface area contributed by atoms with Crippen molar-refractivity contribution in [3.63, 3.8) is 0 Å². The highest BCUT2D eigenvalue weighted by Crippen LogP contribution is 2.36.